The van der Waals surface area contributed by atoms with Crippen LogP contribution in [-0.4, -0.2) is 29.9 Å². The van der Waals surface area contributed by atoms with E-state index in [1.54, 1.807) is 12.5 Å². The van der Waals surface area contributed by atoms with E-state index < -0.39 is 0 Å². The Kier molecular flexibility index (Phi) is 4.75. The summed E-state index contributed by atoms with van der Waals surface area (Å²) in [6.45, 7) is 0. The molecule has 0 atom stereocenters. The van der Waals surface area contributed by atoms with E-state index >= 15 is 0 Å². The fourth-order valence-electron chi connectivity index (χ4n) is 3.02. The molecule has 0 saturated carbocycles. The zero-order valence-corrected chi connectivity index (χ0v) is 16.2. The standard InChI is InChI=1S/C21H16N6OS/c1-3-7-15(8-4-1)11-18-25-19(28-26-18)13-29-21-17-12-24-27(20(17)22-14-23-21)16-9-5-2-6-10-16/h1-10,12,14H,11,13H2. The lowest BCUT2D eigenvalue weighted by molar-refractivity contribution is 0.386. The fraction of sp³-hybridized carbons (Fsp3) is 0.0952. The summed E-state index contributed by atoms with van der Waals surface area (Å²) in [6, 6.07) is 20.0. The monoisotopic (exact) mass is 400 g/mol. The molecule has 0 aliphatic rings. The van der Waals surface area contributed by atoms with Crippen LogP contribution in [0.2, 0.25) is 0 Å². The number of aromatic nitrogens is 6. The van der Waals surface area contributed by atoms with Gasteiger partial charge in [0.1, 0.15) is 11.4 Å². The Morgan fingerprint density at radius 1 is 0.931 bits per heavy atom. The van der Waals surface area contributed by atoms with Crippen LogP contribution in [0.25, 0.3) is 16.7 Å². The molecule has 5 rings (SSSR count). The number of benzene rings is 2. The Labute approximate surface area is 170 Å². The minimum Gasteiger partial charge on any atom is -0.338 e. The van der Waals surface area contributed by atoms with Crippen LogP contribution in [0, 0.1) is 0 Å². The van der Waals surface area contributed by atoms with E-state index in [-0.39, 0.29) is 0 Å². The van der Waals surface area contributed by atoms with Gasteiger partial charge in [-0.15, -0.1) is 0 Å². The maximum atomic E-state index is 5.40. The van der Waals surface area contributed by atoms with Gasteiger partial charge in [-0.25, -0.2) is 14.6 Å². The Balaban J connectivity index is 1.33. The average molecular weight is 400 g/mol. The molecule has 0 aliphatic carbocycles. The number of hydrogen-bond donors (Lipinski definition) is 0. The maximum Gasteiger partial charge on any atom is 0.237 e. The molecule has 7 nitrogen and oxygen atoms in total. The van der Waals surface area contributed by atoms with E-state index in [9.17, 15) is 0 Å². The number of rotatable bonds is 6. The third-order valence-electron chi connectivity index (χ3n) is 4.38. The Hall–Kier alpha value is -3.52. The quantitative estimate of drug-likeness (QED) is 0.314. The Morgan fingerprint density at radius 2 is 1.72 bits per heavy atom. The first-order valence-electron chi connectivity index (χ1n) is 9.09. The smallest absolute Gasteiger partial charge is 0.237 e. The first kappa shape index (κ1) is 17.6. The van der Waals surface area contributed by atoms with E-state index in [1.165, 1.54) is 11.8 Å². The number of hydrogen-bond acceptors (Lipinski definition) is 7. The zero-order chi connectivity index (χ0) is 19.5. The molecule has 0 bridgehead atoms. The third-order valence-corrected chi connectivity index (χ3v) is 5.37. The highest BCUT2D eigenvalue weighted by molar-refractivity contribution is 7.98. The molecule has 5 aromatic rings. The van der Waals surface area contributed by atoms with Crippen LogP contribution < -0.4 is 0 Å². The van der Waals surface area contributed by atoms with Crippen LogP contribution in [0.1, 0.15) is 17.3 Å². The summed E-state index contributed by atoms with van der Waals surface area (Å²) in [5.74, 6) is 1.78. The molecule has 2 aromatic carbocycles. The minimum atomic E-state index is 0.532. The highest BCUT2D eigenvalue weighted by Gasteiger charge is 2.13. The number of thioether (sulfide) groups is 1. The van der Waals surface area contributed by atoms with Gasteiger partial charge in [-0.3, -0.25) is 0 Å². The van der Waals surface area contributed by atoms with Gasteiger partial charge in [-0.2, -0.15) is 10.1 Å². The van der Waals surface area contributed by atoms with E-state index in [4.69, 9.17) is 4.52 Å². The second-order valence-corrected chi connectivity index (χ2v) is 7.33. The number of nitrogens with zero attached hydrogens (tertiary/aromatic N) is 6. The molecule has 0 unspecified atom stereocenters. The number of para-hydroxylation sites is 1. The summed E-state index contributed by atoms with van der Waals surface area (Å²) in [6.07, 6.45) is 4.00. The van der Waals surface area contributed by atoms with E-state index in [1.807, 2.05) is 65.3 Å². The zero-order valence-electron chi connectivity index (χ0n) is 15.3. The van der Waals surface area contributed by atoms with Crippen molar-refractivity contribution in [2.45, 2.75) is 17.2 Å². The van der Waals surface area contributed by atoms with Crippen LogP contribution >= 0.6 is 11.8 Å². The summed E-state index contributed by atoms with van der Waals surface area (Å²) >= 11 is 1.53. The molecule has 0 fully saturated rings. The molecule has 0 saturated heterocycles. The first-order chi connectivity index (χ1) is 14.4. The van der Waals surface area contributed by atoms with Crippen LogP contribution in [0.5, 0.6) is 0 Å². The Morgan fingerprint density at radius 3 is 2.55 bits per heavy atom. The van der Waals surface area contributed by atoms with Gasteiger partial charge in [0, 0.05) is 6.42 Å². The molecule has 29 heavy (non-hydrogen) atoms. The molecule has 0 aliphatic heterocycles. The second kappa shape index (κ2) is 7.84. The van der Waals surface area contributed by atoms with Gasteiger partial charge in [-0.05, 0) is 17.7 Å². The van der Waals surface area contributed by atoms with Gasteiger partial charge in [0.25, 0.3) is 0 Å². The van der Waals surface area contributed by atoms with Crippen LogP contribution in [-0.2, 0) is 12.2 Å². The summed E-state index contributed by atoms with van der Waals surface area (Å²) in [5, 5.41) is 10.3. The molecule has 0 N–H and O–H groups in total. The normalized spacial score (nSPS) is 11.2. The van der Waals surface area contributed by atoms with Crippen molar-refractivity contribution in [3.05, 3.63) is 90.5 Å². The van der Waals surface area contributed by atoms with Crippen molar-refractivity contribution in [2.24, 2.45) is 0 Å². The lowest BCUT2D eigenvalue weighted by atomic mass is 10.1. The van der Waals surface area contributed by atoms with Crippen molar-refractivity contribution in [2.75, 3.05) is 0 Å². The van der Waals surface area contributed by atoms with E-state index in [0.29, 0.717) is 23.9 Å². The molecule has 142 valence electrons. The fourth-order valence-corrected chi connectivity index (χ4v) is 3.82. The molecule has 8 heteroatoms. The maximum absolute atomic E-state index is 5.40. The first-order valence-corrected chi connectivity index (χ1v) is 10.1. The van der Waals surface area contributed by atoms with Gasteiger partial charge in [-0.1, -0.05) is 65.4 Å². The summed E-state index contributed by atoms with van der Waals surface area (Å²) in [7, 11) is 0. The van der Waals surface area contributed by atoms with Crippen molar-refractivity contribution >= 4 is 22.8 Å². The van der Waals surface area contributed by atoms with Crippen LogP contribution in [0.15, 0.2) is 82.7 Å². The Bertz CT molecular complexity index is 1240. The van der Waals surface area contributed by atoms with Crippen molar-refractivity contribution in [1.82, 2.24) is 29.9 Å². The molecule has 3 aromatic heterocycles. The predicted molar refractivity (Wildman–Crippen MR) is 110 cm³/mol. The summed E-state index contributed by atoms with van der Waals surface area (Å²) in [4.78, 5) is 13.3. The highest BCUT2D eigenvalue weighted by Crippen LogP contribution is 2.28. The average Bonchev–Trinajstić information content (AvgIpc) is 3.41. The van der Waals surface area contributed by atoms with Crippen molar-refractivity contribution in [3.8, 4) is 5.69 Å². The van der Waals surface area contributed by atoms with Crippen molar-refractivity contribution in [3.63, 3.8) is 0 Å². The number of fused-ring (bicyclic) bond motifs is 1. The minimum absolute atomic E-state index is 0.532. The topological polar surface area (TPSA) is 82.5 Å². The largest absolute Gasteiger partial charge is 0.338 e. The third kappa shape index (κ3) is 3.74. The van der Waals surface area contributed by atoms with E-state index in [2.05, 4.69) is 25.2 Å². The summed E-state index contributed by atoms with van der Waals surface area (Å²) in [5.41, 5.74) is 2.88. The van der Waals surface area contributed by atoms with Gasteiger partial charge < -0.3 is 4.52 Å². The predicted octanol–water partition coefficient (Wildman–Crippen LogP) is 4.08. The molecule has 0 spiro atoms. The second-order valence-electron chi connectivity index (χ2n) is 6.36. The molecular weight excluding hydrogens is 384 g/mol. The van der Waals surface area contributed by atoms with Gasteiger partial charge >= 0.3 is 0 Å². The van der Waals surface area contributed by atoms with Crippen LogP contribution in [0.3, 0.4) is 0 Å². The lowest BCUT2D eigenvalue weighted by Crippen LogP contribution is -1.97. The molecule has 0 amide bonds. The van der Waals surface area contributed by atoms with Gasteiger partial charge in [0.2, 0.25) is 5.89 Å². The molecular formula is C21H16N6OS. The van der Waals surface area contributed by atoms with Crippen LogP contribution in [0.4, 0.5) is 0 Å². The SMILES string of the molecule is c1ccc(Cc2noc(CSc3ncnc4c3cnn4-c3ccccc3)n2)cc1. The van der Waals surface area contributed by atoms with Crippen molar-refractivity contribution in [1.29, 1.82) is 0 Å². The molecule has 3 heterocycles. The highest BCUT2D eigenvalue weighted by atomic mass is 32.2. The van der Waals surface area contributed by atoms with Gasteiger partial charge in [0.05, 0.1) is 23.0 Å². The molecule has 0 radical (unpaired) electrons. The van der Waals surface area contributed by atoms with Gasteiger partial charge in [0.15, 0.2) is 11.5 Å². The van der Waals surface area contributed by atoms with E-state index in [0.717, 1.165) is 27.3 Å². The lowest BCUT2D eigenvalue weighted by Gasteiger charge is -2.03. The summed E-state index contributed by atoms with van der Waals surface area (Å²) < 4.78 is 7.21. The van der Waals surface area contributed by atoms with Crippen molar-refractivity contribution < 1.29 is 4.52 Å².